The number of benzene rings is 7. The number of aromatic nitrogens is 4. The van der Waals surface area contributed by atoms with Crippen LogP contribution in [0.3, 0.4) is 0 Å². The minimum absolute atomic E-state index is 0.0650. The van der Waals surface area contributed by atoms with Gasteiger partial charge in [0.15, 0.2) is 11.6 Å². The molecule has 10 rings (SSSR count). The van der Waals surface area contributed by atoms with Gasteiger partial charge in [0, 0.05) is 50.2 Å². The fourth-order valence-electron chi connectivity index (χ4n) is 7.81. The average molecular weight is 720 g/mol. The first kappa shape index (κ1) is 33.2. The summed E-state index contributed by atoms with van der Waals surface area (Å²) in [6.07, 6.45) is 9.37. The number of allylic oxidation sites excluding steroid dienone is 4. The summed E-state index contributed by atoms with van der Waals surface area (Å²) in [4.78, 5) is 21.6. The number of nitrogens with zero attached hydrogens (tertiary/aromatic N) is 4. The molecule has 9 aromatic rings. The zero-order valence-electron chi connectivity index (χ0n) is 30.6. The lowest BCUT2D eigenvalue weighted by atomic mass is 9.99. The quantitative estimate of drug-likeness (QED) is 0.170. The molecule has 0 spiro atoms. The van der Waals surface area contributed by atoms with E-state index >= 15 is 0 Å². The molecule has 1 aliphatic carbocycles. The van der Waals surface area contributed by atoms with E-state index in [1.165, 1.54) is 22.3 Å². The molecule has 0 fully saturated rings. The molecule has 5 nitrogen and oxygen atoms in total. The lowest BCUT2D eigenvalue weighted by molar-refractivity contribution is 0.764. The van der Waals surface area contributed by atoms with Gasteiger partial charge in [-0.1, -0.05) is 158 Å². The lowest BCUT2D eigenvalue weighted by Gasteiger charge is -2.27. The molecule has 1 aliphatic rings. The maximum Gasteiger partial charge on any atom is 0.164 e. The Balaban J connectivity index is 1.18. The molecule has 7 aromatic carbocycles. The van der Waals surface area contributed by atoms with Crippen LogP contribution in [0, 0.1) is 0 Å². The second-order valence-corrected chi connectivity index (χ2v) is 14.1. The van der Waals surface area contributed by atoms with Gasteiger partial charge in [0.25, 0.3) is 0 Å². The van der Waals surface area contributed by atoms with Crippen LogP contribution in [0.5, 0.6) is 0 Å². The average Bonchev–Trinajstić information content (AvgIpc) is 3.68. The van der Waals surface area contributed by atoms with Crippen LogP contribution in [0.1, 0.15) is 18.2 Å². The summed E-state index contributed by atoms with van der Waals surface area (Å²) >= 11 is 0. The maximum atomic E-state index is 5.22. The van der Waals surface area contributed by atoms with E-state index in [2.05, 4.69) is 192 Å². The highest BCUT2D eigenvalue weighted by Gasteiger charge is 2.23. The van der Waals surface area contributed by atoms with Crippen molar-refractivity contribution >= 4 is 38.9 Å². The molecular formula is C51H37N5. The molecule has 1 unspecified atom stereocenters. The first-order valence-corrected chi connectivity index (χ1v) is 19.1. The van der Waals surface area contributed by atoms with Gasteiger partial charge in [0.05, 0.1) is 5.69 Å². The van der Waals surface area contributed by atoms with Gasteiger partial charge in [-0.25, -0.2) is 15.0 Å². The molecule has 1 atom stereocenters. The Hall–Kier alpha value is -7.37. The van der Waals surface area contributed by atoms with E-state index < -0.39 is 0 Å². The second-order valence-electron chi connectivity index (χ2n) is 14.1. The second kappa shape index (κ2) is 14.5. The summed E-state index contributed by atoms with van der Waals surface area (Å²) < 4.78 is 0. The summed E-state index contributed by atoms with van der Waals surface area (Å²) in [7, 11) is 0. The minimum atomic E-state index is 0.0650. The van der Waals surface area contributed by atoms with Gasteiger partial charge in [0.2, 0.25) is 0 Å². The largest absolute Gasteiger partial charge is 0.354 e. The number of H-pyrrole nitrogens is 1. The summed E-state index contributed by atoms with van der Waals surface area (Å²) in [6, 6.07) is 61.9. The Morgan fingerprint density at radius 3 is 1.57 bits per heavy atom. The van der Waals surface area contributed by atoms with Crippen LogP contribution in [-0.4, -0.2) is 19.9 Å². The fraction of sp³-hybridized carbons (Fsp3) is 0.0392. The van der Waals surface area contributed by atoms with Gasteiger partial charge in [0.1, 0.15) is 5.82 Å². The van der Waals surface area contributed by atoms with Gasteiger partial charge in [-0.2, -0.15) is 0 Å². The van der Waals surface area contributed by atoms with E-state index in [0.717, 1.165) is 62.2 Å². The third-order valence-electron chi connectivity index (χ3n) is 10.6. The smallest absolute Gasteiger partial charge is 0.164 e. The number of hydrogen-bond acceptors (Lipinski definition) is 4. The third kappa shape index (κ3) is 6.25. The van der Waals surface area contributed by atoms with Crippen molar-refractivity contribution in [2.24, 2.45) is 0 Å². The predicted octanol–water partition coefficient (Wildman–Crippen LogP) is 13.2. The summed E-state index contributed by atoms with van der Waals surface area (Å²) in [5.74, 6) is 2.16. The van der Waals surface area contributed by atoms with Crippen LogP contribution in [0.15, 0.2) is 200 Å². The van der Waals surface area contributed by atoms with Crippen molar-refractivity contribution in [3.05, 3.63) is 206 Å². The third-order valence-corrected chi connectivity index (χ3v) is 10.6. The van der Waals surface area contributed by atoms with E-state index in [-0.39, 0.29) is 5.92 Å². The Morgan fingerprint density at radius 2 is 0.982 bits per heavy atom. The molecule has 1 N–H and O–H groups in total. The fourth-order valence-corrected chi connectivity index (χ4v) is 7.81. The van der Waals surface area contributed by atoms with Crippen LogP contribution in [0.25, 0.3) is 66.8 Å². The molecule has 5 heteroatoms. The SMILES string of the molecule is C1=CCC(c2nc(-c3ccccc3)nc(-c3cccc4[nH]c5cccc(N(c6ccc(-c7ccccc7)cc6)c6ccc(-c7ccccc7)cc6)c5c34)n2)C=C1. The van der Waals surface area contributed by atoms with Crippen molar-refractivity contribution in [2.45, 2.75) is 12.3 Å². The molecule has 0 radical (unpaired) electrons. The maximum absolute atomic E-state index is 5.22. The van der Waals surface area contributed by atoms with Gasteiger partial charge >= 0.3 is 0 Å². The Bertz CT molecular complexity index is 2780. The van der Waals surface area contributed by atoms with Crippen LogP contribution >= 0.6 is 0 Å². The normalized spacial score (nSPS) is 13.7. The number of nitrogens with one attached hydrogen (secondary N) is 1. The molecule has 2 heterocycles. The van der Waals surface area contributed by atoms with Crippen LogP contribution < -0.4 is 4.90 Å². The summed E-state index contributed by atoms with van der Waals surface area (Å²) in [6.45, 7) is 0. The zero-order valence-corrected chi connectivity index (χ0v) is 30.6. The van der Waals surface area contributed by atoms with E-state index in [1.807, 2.05) is 18.2 Å². The molecule has 56 heavy (non-hydrogen) atoms. The number of fused-ring (bicyclic) bond motifs is 3. The standard InChI is InChI=1S/C51H37N5/c1-5-15-35(16-6-1)37-27-31-41(32-28-37)56(42-33-29-38(30-34-42)36-17-7-2-8-18-36)46-26-14-25-45-48(46)47-43(23-13-24-44(47)52-45)51-54-49(39-19-9-3-10-20-39)53-50(55-51)40-21-11-4-12-22-40/h1-21,23-34,40,52H,22H2. The van der Waals surface area contributed by atoms with E-state index in [0.29, 0.717) is 11.6 Å². The highest BCUT2D eigenvalue weighted by atomic mass is 15.1. The number of rotatable bonds is 8. The molecule has 0 saturated carbocycles. The number of anilines is 3. The first-order chi connectivity index (χ1) is 27.8. The summed E-state index contributed by atoms with van der Waals surface area (Å²) in [5, 5.41) is 2.17. The molecule has 0 aliphatic heterocycles. The van der Waals surface area contributed by atoms with Crippen molar-refractivity contribution < 1.29 is 0 Å². The molecule has 0 saturated heterocycles. The highest BCUT2D eigenvalue weighted by Crippen LogP contribution is 2.45. The van der Waals surface area contributed by atoms with E-state index in [4.69, 9.17) is 15.0 Å². The molecular weight excluding hydrogens is 683 g/mol. The topological polar surface area (TPSA) is 57.7 Å². The summed E-state index contributed by atoms with van der Waals surface area (Å²) in [5.41, 5.74) is 11.9. The van der Waals surface area contributed by atoms with Gasteiger partial charge in [-0.05, 0) is 71.1 Å². The van der Waals surface area contributed by atoms with Crippen LogP contribution in [0.4, 0.5) is 17.1 Å². The van der Waals surface area contributed by atoms with Gasteiger partial charge in [-0.15, -0.1) is 0 Å². The molecule has 266 valence electrons. The van der Waals surface area contributed by atoms with Crippen molar-refractivity contribution in [2.75, 3.05) is 4.90 Å². The predicted molar refractivity (Wildman–Crippen MR) is 231 cm³/mol. The van der Waals surface area contributed by atoms with Crippen molar-refractivity contribution in [1.82, 2.24) is 19.9 Å². The molecule has 2 aromatic heterocycles. The van der Waals surface area contributed by atoms with Crippen molar-refractivity contribution in [3.8, 4) is 45.0 Å². The highest BCUT2D eigenvalue weighted by molar-refractivity contribution is 6.19. The van der Waals surface area contributed by atoms with E-state index in [9.17, 15) is 0 Å². The Labute approximate surface area is 326 Å². The van der Waals surface area contributed by atoms with Gasteiger partial charge in [-0.3, -0.25) is 0 Å². The van der Waals surface area contributed by atoms with Crippen LogP contribution in [-0.2, 0) is 0 Å². The first-order valence-electron chi connectivity index (χ1n) is 19.1. The number of hydrogen-bond donors (Lipinski definition) is 1. The monoisotopic (exact) mass is 719 g/mol. The van der Waals surface area contributed by atoms with Crippen LogP contribution in [0.2, 0.25) is 0 Å². The van der Waals surface area contributed by atoms with Gasteiger partial charge < -0.3 is 9.88 Å². The molecule has 0 amide bonds. The zero-order chi connectivity index (χ0) is 37.3. The Morgan fingerprint density at radius 1 is 0.446 bits per heavy atom. The number of aromatic amines is 1. The lowest BCUT2D eigenvalue weighted by Crippen LogP contribution is -2.10. The molecule has 0 bridgehead atoms. The van der Waals surface area contributed by atoms with Crippen molar-refractivity contribution in [3.63, 3.8) is 0 Å². The van der Waals surface area contributed by atoms with E-state index in [1.54, 1.807) is 0 Å². The van der Waals surface area contributed by atoms with Crippen molar-refractivity contribution in [1.29, 1.82) is 0 Å². The Kier molecular flexibility index (Phi) is 8.58. The minimum Gasteiger partial charge on any atom is -0.354 e.